The average molecular weight is 259 g/mol. The summed E-state index contributed by atoms with van der Waals surface area (Å²) in [5, 5.41) is 3.61. The van der Waals surface area contributed by atoms with E-state index in [0.29, 0.717) is 11.4 Å². The molecule has 1 heterocycles. The summed E-state index contributed by atoms with van der Waals surface area (Å²) in [4.78, 5) is 24.1. The second-order valence-electron chi connectivity index (χ2n) is 3.63. The molecular weight excluding hydrogens is 249 g/mol. The van der Waals surface area contributed by atoms with Crippen LogP contribution in [0.1, 0.15) is 23.0 Å². The molecule has 2 rings (SSSR count). The maximum atomic E-state index is 13.3. The summed E-state index contributed by atoms with van der Waals surface area (Å²) in [6, 6.07) is 5.53. The summed E-state index contributed by atoms with van der Waals surface area (Å²) in [5.41, 5.74) is 0.680. The zero-order chi connectivity index (χ0) is 13.7. The fourth-order valence-corrected chi connectivity index (χ4v) is 1.32. The van der Waals surface area contributed by atoms with Crippen molar-refractivity contribution in [2.24, 2.45) is 5.16 Å². The van der Waals surface area contributed by atoms with Crippen molar-refractivity contribution in [3.8, 4) is 0 Å². The molecule has 1 aromatic carbocycles. The number of carbonyl (C=O) groups is 1. The van der Waals surface area contributed by atoms with Gasteiger partial charge in [-0.1, -0.05) is 17.3 Å². The normalized spacial score (nSPS) is 11.2. The molecule has 0 unspecified atom stereocenters. The SMILES string of the molecule is C/C(=N\OC(=O)c1ccccc1F)c1cnccn1. The lowest BCUT2D eigenvalue weighted by atomic mass is 10.2. The molecule has 0 spiro atoms. The van der Waals surface area contributed by atoms with Crippen LogP contribution in [-0.2, 0) is 4.84 Å². The highest BCUT2D eigenvalue weighted by atomic mass is 19.1. The molecule has 1 aromatic heterocycles. The van der Waals surface area contributed by atoms with Gasteiger partial charge in [-0.05, 0) is 19.1 Å². The van der Waals surface area contributed by atoms with Crippen LogP contribution in [0.4, 0.5) is 4.39 Å². The summed E-state index contributed by atoms with van der Waals surface area (Å²) >= 11 is 0. The largest absolute Gasteiger partial charge is 0.368 e. The van der Waals surface area contributed by atoms with Gasteiger partial charge < -0.3 is 4.84 Å². The van der Waals surface area contributed by atoms with E-state index in [4.69, 9.17) is 0 Å². The average Bonchev–Trinajstić information content (AvgIpc) is 2.46. The predicted octanol–water partition coefficient (Wildman–Crippen LogP) is 2.20. The maximum Gasteiger partial charge on any atom is 0.368 e. The first kappa shape index (κ1) is 12.8. The number of hydrogen-bond acceptors (Lipinski definition) is 5. The van der Waals surface area contributed by atoms with Gasteiger partial charge >= 0.3 is 5.97 Å². The minimum Gasteiger partial charge on any atom is -0.312 e. The van der Waals surface area contributed by atoms with E-state index in [-0.39, 0.29) is 5.56 Å². The Balaban J connectivity index is 2.11. The zero-order valence-electron chi connectivity index (χ0n) is 10.1. The van der Waals surface area contributed by atoms with Crippen LogP contribution in [0, 0.1) is 5.82 Å². The molecule has 19 heavy (non-hydrogen) atoms. The Morgan fingerprint density at radius 2 is 2.11 bits per heavy atom. The van der Waals surface area contributed by atoms with Gasteiger partial charge in [0.2, 0.25) is 0 Å². The van der Waals surface area contributed by atoms with Crippen LogP contribution in [0.2, 0.25) is 0 Å². The van der Waals surface area contributed by atoms with Gasteiger partial charge in [-0.3, -0.25) is 9.97 Å². The summed E-state index contributed by atoms with van der Waals surface area (Å²) < 4.78 is 13.3. The van der Waals surface area contributed by atoms with E-state index in [0.717, 1.165) is 0 Å². The smallest absolute Gasteiger partial charge is 0.312 e. The summed E-state index contributed by atoms with van der Waals surface area (Å²) in [6.45, 7) is 1.61. The van der Waals surface area contributed by atoms with Crippen molar-refractivity contribution in [1.29, 1.82) is 0 Å². The first-order chi connectivity index (χ1) is 9.18. The molecule has 5 nitrogen and oxygen atoms in total. The van der Waals surface area contributed by atoms with E-state index in [9.17, 15) is 9.18 Å². The molecule has 0 amide bonds. The number of rotatable bonds is 3. The van der Waals surface area contributed by atoms with Crippen molar-refractivity contribution in [3.05, 3.63) is 59.9 Å². The van der Waals surface area contributed by atoms with Crippen molar-refractivity contribution >= 4 is 11.7 Å². The first-order valence-electron chi connectivity index (χ1n) is 5.45. The van der Waals surface area contributed by atoms with Crippen LogP contribution >= 0.6 is 0 Å². The number of nitrogens with zero attached hydrogens (tertiary/aromatic N) is 3. The van der Waals surface area contributed by atoms with E-state index < -0.39 is 11.8 Å². The second-order valence-corrected chi connectivity index (χ2v) is 3.63. The van der Waals surface area contributed by atoms with Crippen molar-refractivity contribution in [1.82, 2.24) is 9.97 Å². The molecule has 0 radical (unpaired) electrons. The third-order valence-corrected chi connectivity index (χ3v) is 2.29. The van der Waals surface area contributed by atoms with Crippen LogP contribution in [0.15, 0.2) is 48.0 Å². The number of benzene rings is 1. The molecule has 96 valence electrons. The lowest BCUT2D eigenvalue weighted by Crippen LogP contribution is -2.06. The van der Waals surface area contributed by atoms with Crippen LogP contribution in [0.3, 0.4) is 0 Å². The number of oxime groups is 1. The van der Waals surface area contributed by atoms with Gasteiger partial charge in [0.15, 0.2) is 0 Å². The summed E-state index contributed by atoms with van der Waals surface area (Å²) in [5.74, 6) is -1.51. The van der Waals surface area contributed by atoms with Crippen LogP contribution in [0.25, 0.3) is 0 Å². The molecule has 0 aliphatic rings. The molecular formula is C13H10FN3O2. The van der Waals surface area contributed by atoms with Gasteiger partial charge in [-0.25, -0.2) is 9.18 Å². The third kappa shape index (κ3) is 3.19. The van der Waals surface area contributed by atoms with Crippen molar-refractivity contribution in [2.75, 3.05) is 0 Å². The minimum absolute atomic E-state index is 0.168. The Bertz CT molecular complexity index is 614. The molecule has 0 saturated carbocycles. The quantitative estimate of drug-likeness (QED) is 0.481. The Hall–Kier alpha value is -2.63. The number of hydrogen-bond donors (Lipinski definition) is 0. The van der Waals surface area contributed by atoms with Crippen LogP contribution in [-0.4, -0.2) is 21.6 Å². The highest BCUT2D eigenvalue weighted by Crippen LogP contribution is 2.08. The van der Waals surface area contributed by atoms with Crippen molar-refractivity contribution in [2.45, 2.75) is 6.92 Å². The minimum atomic E-state index is -0.860. The lowest BCUT2D eigenvalue weighted by Gasteiger charge is -2.01. The molecule has 0 fully saturated rings. The monoisotopic (exact) mass is 259 g/mol. The summed E-state index contributed by atoms with van der Waals surface area (Å²) in [6.07, 6.45) is 4.49. The van der Waals surface area contributed by atoms with E-state index in [1.807, 2.05) is 0 Å². The van der Waals surface area contributed by atoms with Crippen molar-refractivity contribution in [3.63, 3.8) is 0 Å². The molecule has 6 heteroatoms. The molecule has 0 atom stereocenters. The maximum absolute atomic E-state index is 13.3. The Morgan fingerprint density at radius 1 is 1.32 bits per heavy atom. The van der Waals surface area contributed by atoms with Gasteiger partial charge in [0, 0.05) is 12.4 Å². The fraction of sp³-hybridized carbons (Fsp3) is 0.0769. The molecule has 0 aliphatic heterocycles. The van der Waals surface area contributed by atoms with Crippen LogP contribution in [0.5, 0.6) is 0 Å². The van der Waals surface area contributed by atoms with Crippen LogP contribution < -0.4 is 0 Å². The van der Waals surface area contributed by atoms with E-state index >= 15 is 0 Å². The molecule has 0 aliphatic carbocycles. The van der Waals surface area contributed by atoms with Gasteiger partial charge in [-0.2, -0.15) is 0 Å². The molecule has 0 bridgehead atoms. The van der Waals surface area contributed by atoms with E-state index in [1.54, 1.807) is 13.0 Å². The Kier molecular flexibility index (Phi) is 3.92. The van der Waals surface area contributed by atoms with Gasteiger partial charge in [0.25, 0.3) is 0 Å². The number of halogens is 1. The Morgan fingerprint density at radius 3 is 2.79 bits per heavy atom. The highest BCUT2D eigenvalue weighted by molar-refractivity contribution is 5.97. The lowest BCUT2D eigenvalue weighted by molar-refractivity contribution is 0.0511. The summed E-state index contributed by atoms with van der Waals surface area (Å²) in [7, 11) is 0. The third-order valence-electron chi connectivity index (χ3n) is 2.29. The van der Waals surface area contributed by atoms with Gasteiger partial charge in [0.1, 0.15) is 17.2 Å². The van der Waals surface area contributed by atoms with Crippen molar-refractivity contribution < 1.29 is 14.0 Å². The molecule has 0 saturated heterocycles. The first-order valence-corrected chi connectivity index (χ1v) is 5.45. The molecule has 0 N–H and O–H groups in total. The van der Waals surface area contributed by atoms with Gasteiger partial charge in [0.05, 0.1) is 11.8 Å². The molecule has 2 aromatic rings. The van der Waals surface area contributed by atoms with E-state index in [1.165, 1.54) is 36.8 Å². The zero-order valence-corrected chi connectivity index (χ0v) is 10.1. The predicted molar refractivity (Wildman–Crippen MR) is 66.1 cm³/mol. The topological polar surface area (TPSA) is 64.4 Å². The van der Waals surface area contributed by atoms with Gasteiger partial charge in [-0.15, -0.1) is 0 Å². The second kappa shape index (κ2) is 5.81. The highest BCUT2D eigenvalue weighted by Gasteiger charge is 2.12. The Labute approximate surface area is 108 Å². The standard InChI is InChI=1S/C13H10FN3O2/c1-9(12-8-15-6-7-16-12)17-19-13(18)10-4-2-3-5-11(10)14/h2-8H,1H3/b17-9+. The number of carbonyl (C=O) groups excluding carboxylic acids is 1. The number of aromatic nitrogens is 2. The fourth-order valence-electron chi connectivity index (χ4n) is 1.32. The van der Waals surface area contributed by atoms with E-state index in [2.05, 4.69) is 20.0 Å².